The van der Waals surface area contributed by atoms with Gasteiger partial charge in [0.1, 0.15) is 12.4 Å². The second-order valence-electron chi connectivity index (χ2n) is 5.74. The van der Waals surface area contributed by atoms with Gasteiger partial charge in [-0.25, -0.2) is 0 Å². The lowest BCUT2D eigenvalue weighted by Crippen LogP contribution is -2.24. The molecule has 1 heterocycles. The minimum absolute atomic E-state index is 0.00144. The minimum atomic E-state index is -0.761. The Morgan fingerprint density at radius 2 is 2.30 bits per heavy atom. The summed E-state index contributed by atoms with van der Waals surface area (Å²) < 4.78 is 7.23. The van der Waals surface area contributed by atoms with Crippen molar-refractivity contribution >= 4 is 5.69 Å². The predicted octanol–water partition coefficient (Wildman–Crippen LogP) is 2.25. The summed E-state index contributed by atoms with van der Waals surface area (Å²) in [5.74, 6) is 0. The summed E-state index contributed by atoms with van der Waals surface area (Å²) >= 11 is 0. The van der Waals surface area contributed by atoms with Crippen LogP contribution in [0.5, 0.6) is 0 Å². The van der Waals surface area contributed by atoms with E-state index in [-0.39, 0.29) is 24.9 Å². The number of nitro groups is 1. The smallest absolute Gasteiger partial charge is 0.306 e. The Hall–Kier alpha value is -2.25. The fourth-order valence-electron chi connectivity index (χ4n) is 2.93. The van der Waals surface area contributed by atoms with E-state index in [9.17, 15) is 15.2 Å². The van der Waals surface area contributed by atoms with E-state index in [1.807, 2.05) is 12.1 Å². The molecule has 122 valence electrons. The zero-order valence-corrected chi connectivity index (χ0v) is 12.7. The molecule has 0 radical (unpaired) electrons. The number of hydrogen-bond acceptors (Lipinski definition) is 5. The molecule has 0 unspecified atom stereocenters. The summed E-state index contributed by atoms with van der Waals surface area (Å²) in [7, 11) is 0. The van der Waals surface area contributed by atoms with Crippen molar-refractivity contribution in [2.24, 2.45) is 0 Å². The third-order valence-corrected chi connectivity index (χ3v) is 4.03. The Morgan fingerprint density at radius 3 is 3.09 bits per heavy atom. The zero-order valence-electron chi connectivity index (χ0n) is 12.7. The van der Waals surface area contributed by atoms with Crippen molar-refractivity contribution in [2.75, 3.05) is 6.61 Å². The third kappa shape index (κ3) is 3.75. The van der Waals surface area contributed by atoms with Crippen molar-refractivity contribution in [3.63, 3.8) is 0 Å². The summed E-state index contributed by atoms with van der Waals surface area (Å²) in [6.07, 6.45) is 4.80. The van der Waals surface area contributed by atoms with E-state index in [2.05, 4.69) is 17.2 Å². The molecule has 0 amide bonds. The molecule has 1 aromatic carbocycles. The quantitative estimate of drug-likeness (QED) is 0.652. The van der Waals surface area contributed by atoms with Crippen LogP contribution in [0.15, 0.2) is 36.7 Å². The van der Waals surface area contributed by atoms with Gasteiger partial charge < -0.3 is 9.84 Å². The maximum Gasteiger partial charge on any atom is 0.306 e. The largest absolute Gasteiger partial charge is 0.389 e. The minimum Gasteiger partial charge on any atom is -0.389 e. The number of aliphatic hydroxyl groups excluding tert-OH is 1. The Bertz CT molecular complexity index is 685. The highest BCUT2D eigenvalue weighted by Gasteiger charge is 2.21. The van der Waals surface area contributed by atoms with E-state index < -0.39 is 11.0 Å². The average molecular weight is 317 g/mol. The van der Waals surface area contributed by atoms with Crippen LogP contribution in [0.4, 0.5) is 5.69 Å². The van der Waals surface area contributed by atoms with Crippen LogP contribution in [0.25, 0.3) is 0 Å². The number of benzene rings is 1. The fourth-order valence-corrected chi connectivity index (χ4v) is 2.93. The highest BCUT2D eigenvalue weighted by molar-refractivity contribution is 5.31. The van der Waals surface area contributed by atoms with Gasteiger partial charge in [0.05, 0.1) is 30.3 Å². The molecule has 1 aliphatic rings. The van der Waals surface area contributed by atoms with Gasteiger partial charge in [-0.15, -0.1) is 0 Å². The molecule has 1 aromatic heterocycles. The highest BCUT2D eigenvalue weighted by Crippen LogP contribution is 2.32. The number of aryl methyl sites for hydroxylation is 1. The molecule has 0 spiro atoms. The molecule has 0 fully saturated rings. The predicted molar refractivity (Wildman–Crippen MR) is 83.0 cm³/mol. The average Bonchev–Trinajstić information content (AvgIpc) is 3.01. The van der Waals surface area contributed by atoms with Gasteiger partial charge in [0.2, 0.25) is 0 Å². The van der Waals surface area contributed by atoms with Crippen LogP contribution in [-0.4, -0.2) is 32.5 Å². The van der Waals surface area contributed by atoms with E-state index in [4.69, 9.17) is 4.74 Å². The van der Waals surface area contributed by atoms with Crippen LogP contribution in [-0.2, 0) is 17.7 Å². The van der Waals surface area contributed by atoms with Gasteiger partial charge in [-0.05, 0) is 30.4 Å². The molecule has 0 saturated heterocycles. The summed E-state index contributed by atoms with van der Waals surface area (Å²) in [6, 6.07) is 8.22. The molecule has 1 aliphatic carbocycles. The van der Waals surface area contributed by atoms with E-state index in [1.54, 1.807) is 0 Å². The molecule has 1 N–H and O–H groups in total. The van der Waals surface area contributed by atoms with Gasteiger partial charge in [0.15, 0.2) is 0 Å². The summed E-state index contributed by atoms with van der Waals surface area (Å²) in [5.41, 5.74) is 2.42. The molecule has 2 aromatic rings. The molecule has 7 nitrogen and oxygen atoms in total. The number of ether oxygens (including phenoxy) is 1. The van der Waals surface area contributed by atoms with Crippen molar-refractivity contribution in [2.45, 2.75) is 38.0 Å². The topological polar surface area (TPSA) is 90.4 Å². The lowest BCUT2D eigenvalue weighted by molar-refractivity contribution is -0.385. The van der Waals surface area contributed by atoms with Crippen molar-refractivity contribution in [3.8, 4) is 0 Å². The van der Waals surface area contributed by atoms with Crippen LogP contribution < -0.4 is 0 Å². The lowest BCUT2D eigenvalue weighted by atomic mass is 9.89. The van der Waals surface area contributed by atoms with E-state index in [0.29, 0.717) is 0 Å². The monoisotopic (exact) mass is 317 g/mol. The molecule has 23 heavy (non-hydrogen) atoms. The Morgan fingerprint density at radius 1 is 1.48 bits per heavy atom. The molecule has 2 atom stereocenters. The number of aliphatic hydroxyl groups is 1. The Kier molecular flexibility index (Phi) is 4.68. The number of hydrogen-bond donors (Lipinski definition) is 1. The van der Waals surface area contributed by atoms with E-state index in [1.165, 1.54) is 28.2 Å². The van der Waals surface area contributed by atoms with Gasteiger partial charge in [-0.3, -0.25) is 14.8 Å². The van der Waals surface area contributed by atoms with Crippen LogP contribution in [0.2, 0.25) is 0 Å². The van der Waals surface area contributed by atoms with Gasteiger partial charge >= 0.3 is 5.69 Å². The third-order valence-electron chi connectivity index (χ3n) is 4.03. The first-order chi connectivity index (χ1) is 11.1. The van der Waals surface area contributed by atoms with Gasteiger partial charge in [0.25, 0.3) is 0 Å². The maximum atomic E-state index is 10.6. The first-order valence-corrected chi connectivity index (χ1v) is 7.68. The van der Waals surface area contributed by atoms with Crippen LogP contribution in [0.1, 0.15) is 30.1 Å². The summed E-state index contributed by atoms with van der Waals surface area (Å²) in [6.45, 7) is 0.342. The van der Waals surface area contributed by atoms with Crippen LogP contribution in [0, 0.1) is 10.1 Å². The summed E-state index contributed by atoms with van der Waals surface area (Å²) in [4.78, 5) is 10.1. The summed E-state index contributed by atoms with van der Waals surface area (Å²) in [5, 5.41) is 24.6. The maximum absolute atomic E-state index is 10.6. The number of aromatic nitrogens is 2. The van der Waals surface area contributed by atoms with Crippen molar-refractivity contribution in [1.82, 2.24) is 9.78 Å². The van der Waals surface area contributed by atoms with Gasteiger partial charge in [-0.1, -0.05) is 24.3 Å². The Labute approximate surface area is 133 Å². The lowest BCUT2D eigenvalue weighted by Gasteiger charge is -2.26. The number of rotatable bonds is 6. The van der Waals surface area contributed by atoms with E-state index in [0.717, 1.165) is 19.3 Å². The molecule has 7 heteroatoms. The second-order valence-corrected chi connectivity index (χ2v) is 5.74. The first-order valence-electron chi connectivity index (χ1n) is 7.68. The normalized spacial score (nSPS) is 18.4. The molecule has 3 rings (SSSR count). The van der Waals surface area contributed by atoms with Crippen molar-refractivity contribution in [3.05, 3.63) is 57.9 Å². The Balaban J connectivity index is 1.55. The number of nitrogens with zero attached hydrogens (tertiary/aromatic N) is 3. The molecule has 0 saturated carbocycles. The van der Waals surface area contributed by atoms with Crippen LogP contribution >= 0.6 is 0 Å². The SMILES string of the molecule is O=[N+]([O-])c1cnn(C[C@@H](O)CO[C@@H]2CCCc3ccccc32)c1. The highest BCUT2D eigenvalue weighted by atomic mass is 16.6. The van der Waals surface area contributed by atoms with Gasteiger partial charge in [-0.2, -0.15) is 5.10 Å². The molecular weight excluding hydrogens is 298 g/mol. The fraction of sp³-hybridized carbons (Fsp3) is 0.438. The zero-order chi connectivity index (χ0) is 16.2. The second kappa shape index (κ2) is 6.89. The first kappa shape index (κ1) is 15.6. The number of fused-ring (bicyclic) bond motifs is 1. The van der Waals surface area contributed by atoms with Crippen LogP contribution in [0.3, 0.4) is 0 Å². The van der Waals surface area contributed by atoms with Gasteiger partial charge in [0, 0.05) is 0 Å². The van der Waals surface area contributed by atoms with E-state index >= 15 is 0 Å². The van der Waals surface area contributed by atoms with Crippen molar-refractivity contribution in [1.29, 1.82) is 0 Å². The van der Waals surface area contributed by atoms with Crippen molar-refractivity contribution < 1.29 is 14.8 Å². The molecule has 0 bridgehead atoms. The molecule has 0 aliphatic heterocycles. The molecular formula is C16H19N3O4. The standard InChI is InChI=1S/C16H19N3O4/c20-14(10-18-9-13(8-17-18)19(21)22)11-23-16-7-3-5-12-4-1-2-6-15(12)16/h1-2,4,6,8-9,14,16,20H,3,5,7,10-11H2/t14-,16-/m1/s1.